The first-order valence-electron chi connectivity index (χ1n) is 4.85. The Bertz CT molecular complexity index is 638. The van der Waals surface area contributed by atoms with Crippen LogP contribution in [0.25, 0.3) is 0 Å². The lowest BCUT2D eigenvalue weighted by atomic mass is 10.2. The molecule has 7 heteroatoms. The zero-order valence-corrected chi connectivity index (χ0v) is 11.3. The molecule has 0 saturated carbocycles. The number of nitrogens with zero attached hydrogens (tertiary/aromatic N) is 3. The van der Waals surface area contributed by atoms with Crippen LogP contribution in [-0.4, -0.2) is 9.97 Å². The van der Waals surface area contributed by atoms with Crippen molar-refractivity contribution in [2.45, 2.75) is 0 Å². The highest BCUT2D eigenvalue weighted by molar-refractivity contribution is 9.10. The fourth-order valence-corrected chi connectivity index (χ4v) is 1.80. The minimum atomic E-state index is 0.158. The predicted octanol–water partition coefficient (Wildman–Crippen LogP) is 3.09. The van der Waals surface area contributed by atoms with E-state index in [0.717, 1.165) is 0 Å². The molecule has 5 nitrogen and oxygen atoms in total. The van der Waals surface area contributed by atoms with Gasteiger partial charge in [-0.15, -0.1) is 0 Å². The van der Waals surface area contributed by atoms with Crippen molar-refractivity contribution in [2.75, 3.05) is 11.1 Å². The summed E-state index contributed by atoms with van der Waals surface area (Å²) in [6.07, 6.45) is 1.54. The second kappa shape index (κ2) is 5.21. The summed E-state index contributed by atoms with van der Waals surface area (Å²) in [7, 11) is 0. The number of rotatable bonds is 2. The van der Waals surface area contributed by atoms with Crippen LogP contribution < -0.4 is 11.1 Å². The highest BCUT2D eigenvalue weighted by Crippen LogP contribution is 2.29. The van der Waals surface area contributed by atoms with Crippen LogP contribution >= 0.6 is 27.5 Å². The molecule has 0 atom stereocenters. The third-order valence-electron chi connectivity index (χ3n) is 2.11. The number of nitriles is 1. The van der Waals surface area contributed by atoms with Crippen molar-refractivity contribution in [3.8, 4) is 6.07 Å². The molecule has 0 spiro atoms. The van der Waals surface area contributed by atoms with Crippen LogP contribution in [0, 0.1) is 11.3 Å². The predicted molar refractivity (Wildman–Crippen MR) is 73.6 cm³/mol. The number of hydrogen-bond donors (Lipinski definition) is 2. The lowest BCUT2D eigenvalue weighted by molar-refractivity contribution is 1.17. The van der Waals surface area contributed by atoms with Crippen molar-refractivity contribution in [1.29, 1.82) is 5.26 Å². The summed E-state index contributed by atoms with van der Waals surface area (Å²) in [4.78, 5) is 7.87. The van der Waals surface area contributed by atoms with Crippen LogP contribution in [0.1, 0.15) is 5.56 Å². The third-order valence-corrected chi connectivity index (χ3v) is 3.01. The highest BCUT2D eigenvalue weighted by atomic mass is 79.9. The molecule has 0 unspecified atom stereocenters. The molecule has 0 radical (unpaired) electrons. The van der Waals surface area contributed by atoms with E-state index >= 15 is 0 Å². The third kappa shape index (κ3) is 2.70. The number of aromatic nitrogens is 2. The Labute approximate surface area is 117 Å². The molecule has 1 aromatic carbocycles. The van der Waals surface area contributed by atoms with Crippen molar-refractivity contribution >= 4 is 45.0 Å². The molecule has 3 N–H and O–H groups in total. The van der Waals surface area contributed by atoms with Crippen LogP contribution in [-0.2, 0) is 0 Å². The van der Waals surface area contributed by atoms with Crippen molar-refractivity contribution in [2.24, 2.45) is 0 Å². The first kappa shape index (κ1) is 12.6. The van der Waals surface area contributed by atoms with Gasteiger partial charge in [0.15, 0.2) is 0 Å². The van der Waals surface area contributed by atoms with E-state index in [2.05, 4.69) is 31.2 Å². The van der Waals surface area contributed by atoms with Gasteiger partial charge in [-0.25, -0.2) is 4.98 Å². The summed E-state index contributed by atoms with van der Waals surface area (Å²) in [5, 5.41) is 12.2. The fourth-order valence-electron chi connectivity index (χ4n) is 1.28. The monoisotopic (exact) mass is 323 g/mol. The highest BCUT2D eigenvalue weighted by Gasteiger charge is 2.07. The summed E-state index contributed by atoms with van der Waals surface area (Å²) in [5.41, 5.74) is 6.63. The molecule has 1 heterocycles. The van der Waals surface area contributed by atoms with Crippen molar-refractivity contribution in [1.82, 2.24) is 9.97 Å². The topological polar surface area (TPSA) is 87.6 Å². The summed E-state index contributed by atoms with van der Waals surface area (Å²) < 4.78 is 0.664. The van der Waals surface area contributed by atoms with Gasteiger partial charge in [0, 0.05) is 6.20 Å². The van der Waals surface area contributed by atoms with Crippen LogP contribution in [0.3, 0.4) is 0 Å². The van der Waals surface area contributed by atoms with E-state index in [1.807, 2.05) is 6.07 Å². The molecule has 0 aliphatic carbocycles. The molecule has 0 saturated heterocycles. The maximum Gasteiger partial charge on any atom is 0.222 e. The number of benzene rings is 1. The second-order valence-electron chi connectivity index (χ2n) is 3.36. The Balaban J connectivity index is 2.34. The minimum absolute atomic E-state index is 0.158. The number of halogens is 2. The lowest BCUT2D eigenvalue weighted by Gasteiger charge is -2.09. The normalized spacial score (nSPS) is 9.83. The number of nitrogen functional groups attached to an aromatic ring is 1. The zero-order chi connectivity index (χ0) is 13.1. The average molecular weight is 325 g/mol. The van der Waals surface area contributed by atoms with E-state index in [1.54, 1.807) is 24.4 Å². The molecule has 0 fully saturated rings. The van der Waals surface area contributed by atoms with Crippen molar-refractivity contribution in [3.05, 3.63) is 39.5 Å². The van der Waals surface area contributed by atoms with Gasteiger partial charge >= 0.3 is 0 Å². The molecular weight excluding hydrogens is 318 g/mol. The van der Waals surface area contributed by atoms with E-state index in [9.17, 15) is 0 Å². The fraction of sp³-hybridized carbons (Fsp3) is 0. The van der Waals surface area contributed by atoms with E-state index in [4.69, 9.17) is 22.6 Å². The Morgan fingerprint density at radius 1 is 1.44 bits per heavy atom. The number of nitrogens with one attached hydrogen (secondary N) is 1. The SMILES string of the molecule is N#Cc1ccc(Nc2nc(N)ncc2Br)c(Cl)c1. The summed E-state index contributed by atoms with van der Waals surface area (Å²) >= 11 is 9.35. The lowest BCUT2D eigenvalue weighted by Crippen LogP contribution is -2.01. The van der Waals surface area contributed by atoms with E-state index < -0.39 is 0 Å². The standard InChI is InChI=1S/C11H7BrClN5/c12-7-5-16-11(15)18-10(7)17-9-2-1-6(4-14)3-8(9)13/h1-3,5H,(H3,15,16,17,18). The Hall–Kier alpha value is -1.84. The summed E-state index contributed by atoms with van der Waals surface area (Å²) in [6, 6.07) is 6.94. The number of anilines is 3. The largest absolute Gasteiger partial charge is 0.368 e. The minimum Gasteiger partial charge on any atom is -0.368 e. The van der Waals surface area contributed by atoms with Crippen LogP contribution in [0.2, 0.25) is 5.02 Å². The smallest absolute Gasteiger partial charge is 0.222 e. The van der Waals surface area contributed by atoms with Gasteiger partial charge in [0.2, 0.25) is 5.95 Å². The Morgan fingerprint density at radius 3 is 2.89 bits per heavy atom. The quantitative estimate of drug-likeness (QED) is 0.886. The van der Waals surface area contributed by atoms with Crippen LogP contribution in [0.4, 0.5) is 17.5 Å². The van der Waals surface area contributed by atoms with Gasteiger partial charge in [-0.3, -0.25) is 0 Å². The van der Waals surface area contributed by atoms with Gasteiger partial charge in [0.1, 0.15) is 5.82 Å². The molecule has 1 aromatic heterocycles. The number of nitrogens with two attached hydrogens (primary N) is 1. The average Bonchev–Trinajstić information content (AvgIpc) is 2.36. The molecule has 0 bridgehead atoms. The molecule has 90 valence electrons. The van der Waals surface area contributed by atoms with Gasteiger partial charge in [-0.2, -0.15) is 10.2 Å². The van der Waals surface area contributed by atoms with Gasteiger partial charge in [-0.05, 0) is 34.1 Å². The first-order chi connectivity index (χ1) is 8.60. The first-order valence-corrected chi connectivity index (χ1v) is 6.02. The summed E-state index contributed by atoms with van der Waals surface area (Å²) in [6.45, 7) is 0. The van der Waals surface area contributed by atoms with Gasteiger partial charge in [-0.1, -0.05) is 11.6 Å². The maximum absolute atomic E-state index is 8.75. The van der Waals surface area contributed by atoms with E-state index in [1.165, 1.54) is 0 Å². The zero-order valence-electron chi connectivity index (χ0n) is 8.98. The molecular formula is C11H7BrClN5. The molecule has 0 amide bonds. The molecule has 2 aromatic rings. The Kier molecular flexibility index (Phi) is 3.65. The molecule has 0 aliphatic rings. The van der Waals surface area contributed by atoms with Crippen molar-refractivity contribution in [3.63, 3.8) is 0 Å². The van der Waals surface area contributed by atoms with E-state index in [0.29, 0.717) is 26.6 Å². The van der Waals surface area contributed by atoms with Crippen molar-refractivity contribution < 1.29 is 0 Å². The van der Waals surface area contributed by atoms with Gasteiger partial charge < -0.3 is 11.1 Å². The molecule has 2 rings (SSSR count). The van der Waals surface area contributed by atoms with Gasteiger partial charge in [0.05, 0.1) is 26.8 Å². The summed E-state index contributed by atoms with van der Waals surface area (Å²) in [5.74, 6) is 0.666. The second-order valence-corrected chi connectivity index (χ2v) is 4.62. The van der Waals surface area contributed by atoms with Crippen LogP contribution in [0.15, 0.2) is 28.9 Å². The van der Waals surface area contributed by atoms with Gasteiger partial charge in [0.25, 0.3) is 0 Å². The molecule has 0 aliphatic heterocycles. The van der Waals surface area contributed by atoms with Crippen LogP contribution in [0.5, 0.6) is 0 Å². The number of hydrogen-bond acceptors (Lipinski definition) is 5. The van der Waals surface area contributed by atoms with E-state index in [-0.39, 0.29) is 5.95 Å². The molecule has 18 heavy (non-hydrogen) atoms. The maximum atomic E-state index is 8.75. The Morgan fingerprint density at radius 2 is 2.22 bits per heavy atom.